The van der Waals surface area contributed by atoms with Gasteiger partial charge < -0.3 is 5.32 Å². The molecule has 1 atom stereocenters. The summed E-state index contributed by atoms with van der Waals surface area (Å²) in [6, 6.07) is -0.314. The van der Waals surface area contributed by atoms with Crippen LogP contribution in [0.4, 0.5) is 0 Å². The summed E-state index contributed by atoms with van der Waals surface area (Å²) >= 11 is 0. The van der Waals surface area contributed by atoms with Crippen LogP contribution in [-0.4, -0.2) is 60.9 Å². The Bertz CT molecular complexity index is 278. The van der Waals surface area contributed by atoms with E-state index < -0.39 is 0 Å². The van der Waals surface area contributed by atoms with Crippen molar-refractivity contribution in [2.75, 3.05) is 27.2 Å². The van der Waals surface area contributed by atoms with Crippen LogP contribution < -0.4 is 5.32 Å². The van der Waals surface area contributed by atoms with E-state index in [4.69, 9.17) is 0 Å². The summed E-state index contributed by atoms with van der Waals surface area (Å²) in [6.45, 7) is 5.32. The van der Waals surface area contributed by atoms with E-state index in [9.17, 15) is 9.59 Å². The van der Waals surface area contributed by atoms with Gasteiger partial charge in [-0.05, 0) is 27.9 Å². The predicted octanol–water partition coefficient (Wildman–Crippen LogP) is -0.326. The molecule has 92 valence electrons. The van der Waals surface area contributed by atoms with Gasteiger partial charge in [-0.1, -0.05) is 0 Å². The number of carbonyl (C=O) groups is 2. The second-order valence-electron chi connectivity index (χ2n) is 4.50. The molecule has 1 fully saturated rings. The number of nitrogens with zero attached hydrogens (tertiary/aromatic N) is 2. The Balaban J connectivity index is 2.64. The molecule has 0 aromatic heterocycles. The lowest BCUT2D eigenvalue weighted by molar-refractivity contribution is -0.141. The summed E-state index contributed by atoms with van der Waals surface area (Å²) < 4.78 is 0. The molecule has 0 aliphatic carbocycles. The molecule has 16 heavy (non-hydrogen) atoms. The quantitative estimate of drug-likeness (QED) is 0.654. The summed E-state index contributed by atoms with van der Waals surface area (Å²) in [5.41, 5.74) is 0. The number of likely N-dealkylation sites (N-methyl/N-ethyl adjacent to an activating group) is 2. The van der Waals surface area contributed by atoms with Gasteiger partial charge in [-0.3, -0.25) is 19.4 Å². The van der Waals surface area contributed by atoms with Crippen LogP contribution in [0.25, 0.3) is 0 Å². The summed E-state index contributed by atoms with van der Waals surface area (Å²) in [6.07, 6.45) is 0.317. The van der Waals surface area contributed by atoms with E-state index in [0.29, 0.717) is 6.42 Å². The van der Waals surface area contributed by atoms with Crippen LogP contribution in [-0.2, 0) is 9.59 Å². The third-order valence-electron chi connectivity index (χ3n) is 2.92. The van der Waals surface area contributed by atoms with Gasteiger partial charge in [0.15, 0.2) is 0 Å². The van der Waals surface area contributed by atoms with Crippen LogP contribution in [0.1, 0.15) is 20.3 Å². The van der Waals surface area contributed by atoms with Crippen LogP contribution >= 0.6 is 0 Å². The molecule has 1 rings (SSSR count). The van der Waals surface area contributed by atoms with Crippen LogP contribution in [0.5, 0.6) is 0 Å². The molecule has 0 radical (unpaired) electrons. The lowest BCUT2D eigenvalue weighted by Crippen LogP contribution is -2.44. The molecular weight excluding hydrogens is 206 g/mol. The molecule has 0 saturated carbocycles. The monoisotopic (exact) mass is 227 g/mol. The first-order valence-electron chi connectivity index (χ1n) is 5.69. The fraction of sp³-hybridized carbons (Fsp3) is 0.818. The van der Waals surface area contributed by atoms with Crippen LogP contribution in [0.15, 0.2) is 0 Å². The average molecular weight is 227 g/mol. The SMILES string of the molecule is CNCCN(C)C1CC(=O)N(C(C)C)C1=O. The highest BCUT2D eigenvalue weighted by atomic mass is 16.2. The molecule has 1 aliphatic rings. The zero-order chi connectivity index (χ0) is 12.3. The van der Waals surface area contributed by atoms with Crippen molar-refractivity contribution in [3.05, 3.63) is 0 Å². The van der Waals surface area contributed by atoms with Crippen LogP contribution in [0.3, 0.4) is 0 Å². The van der Waals surface area contributed by atoms with E-state index in [0.717, 1.165) is 13.1 Å². The average Bonchev–Trinajstić information content (AvgIpc) is 2.50. The number of imide groups is 1. The van der Waals surface area contributed by atoms with Crippen molar-refractivity contribution < 1.29 is 9.59 Å². The normalized spacial score (nSPS) is 21.6. The zero-order valence-electron chi connectivity index (χ0n) is 10.5. The van der Waals surface area contributed by atoms with E-state index in [1.807, 2.05) is 32.8 Å². The predicted molar refractivity (Wildman–Crippen MR) is 62.0 cm³/mol. The highest BCUT2D eigenvalue weighted by molar-refractivity contribution is 6.05. The number of likely N-dealkylation sites (tertiary alicyclic amines) is 1. The first-order valence-corrected chi connectivity index (χ1v) is 5.69. The van der Waals surface area contributed by atoms with E-state index in [-0.39, 0.29) is 23.9 Å². The molecule has 1 heterocycles. The largest absolute Gasteiger partial charge is 0.318 e. The van der Waals surface area contributed by atoms with Gasteiger partial charge in [0.1, 0.15) is 0 Å². The van der Waals surface area contributed by atoms with Gasteiger partial charge in [-0.2, -0.15) is 0 Å². The molecule has 0 aromatic rings. The second kappa shape index (κ2) is 5.41. The topological polar surface area (TPSA) is 52.7 Å². The third kappa shape index (κ3) is 2.59. The van der Waals surface area contributed by atoms with Gasteiger partial charge in [-0.25, -0.2) is 0 Å². The zero-order valence-corrected chi connectivity index (χ0v) is 10.5. The second-order valence-corrected chi connectivity index (χ2v) is 4.50. The van der Waals surface area contributed by atoms with Gasteiger partial charge >= 0.3 is 0 Å². The molecular formula is C11H21N3O2. The van der Waals surface area contributed by atoms with Crippen molar-refractivity contribution in [1.29, 1.82) is 0 Å². The maximum Gasteiger partial charge on any atom is 0.247 e. The summed E-state index contributed by atoms with van der Waals surface area (Å²) in [5, 5.41) is 3.03. The summed E-state index contributed by atoms with van der Waals surface area (Å²) in [4.78, 5) is 27.0. The summed E-state index contributed by atoms with van der Waals surface area (Å²) in [7, 11) is 3.76. The van der Waals surface area contributed by atoms with Crippen molar-refractivity contribution in [3.63, 3.8) is 0 Å². The Morgan fingerprint density at radius 3 is 2.56 bits per heavy atom. The lowest BCUT2D eigenvalue weighted by Gasteiger charge is -2.24. The summed E-state index contributed by atoms with van der Waals surface area (Å²) in [5.74, 6) is -0.111. The highest BCUT2D eigenvalue weighted by Gasteiger charge is 2.41. The van der Waals surface area contributed by atoms with E-state index in [1.54, 1.807) is 0 Å². The molecule has 1 unspecified atom stereocenters. The van der Waals surface area contributed by atoms with Crippen molar-refractivity contribution >= 4 is 11.8 Å². The molecule has 0 aromatic carbocycles. The number of amides is 2. The minimum atomic E-state index is -0.275. The maximum atomic E-state index is 12.0. The van der Waals surface area contributed by atoms with Crippen molar-refractivity contribution in [2.24, 2.45) is 0 Å². The standard InChI is InChI=1S/C11H21N3O2/c1-8(2)14-10(15)7-9(11(14)16)13(4)6-5-12-3/h8-9,12H,5-7H2,1-4H3. The Morgan fingerprint density at radius 2 is 2.12 bits per heavy atom. The number of nitrogens with one attached hydrogen (secondary N) is 1. The minimum Gasteiger partial charge on any atom is -0.318 e. The minimum absolute atomic E-state index is 0.0392. The Hall–Kier alpha value is -0.940. The molecule has 0 spiro atoms. The number of hydrogen-bond donors (Lipinski definition) is 1. The smallest absolute Gasteiger partial charge is 0.247 e. The van der Waals surface area contributed by atoms with Gasteiger partial charge in [-0.15, -0.1) is 0 Å². The molecule has 1 N–H and O–H groups in total. The number of rotatable bonds is 5. The number of carbonyl (C=O) groups excluding carboxylic acids is 2. The Morgan fingerprint density at radius 1 is 1.50 bits per heavy atom. The van der Waals surface area contributed by atoms with E-state index >= 15 is 0 Å². The molecule has 1 saturated heterocycles. The molecule has 2 amide bonds. The third-order valence-corrected chi connectivity index (χ3v) is 2.92. The molecule has 0 bridgehead atoms. The lowest BCUT2D eigenvalue weighted by atomic mass is 10.2. The van der Waals surface area contributed by atoms with Crippen molar-refractivity contribution in [1.82, 2.24) is 15.1 Å². The van der Waals surface area contributed by atoms with Crippen molar-refractivity contribution in [3.8, 4) is 0 Å². The van der Waals surface area contributed by atoms with Gasteiger partial charge in [0.05, 0.1) is 12.5 Å². The highest BCUT2D eigenvalue weighted by Crippen LogP contribution is 2.19. The fourth-order valence-electron chi connectivity index (χ4n) is 1.97. The van der Waals surface area contributed by atoms with E-state index in [2.05, 4.69) is 5.32 Å². The molecule has 5 nitrogen and oxygen atoms in total. The Kier molecular flexibility index (Phi) is 4.44. The van der Waals surface area contributed by atoms with Crippen molar-refractivity contribution in [2.45, 2.75) is 32.4 Å². The van der Waals surface area contributed by atoms with Gasteiger partial charge in [0.2, 0.25) is 11.8 Å². The van der Waals surface area contributed by atoms with Gasteiger partial charge in [0.25, 0.3) is 0 Å². The number of hydrogen-bond acceptors (Lipinski definition) is 4. The van der Waals surface area contributed by atoms with E-state index in [1.165, 1.54) is 4.90 Å². The maximum absolute atomic E-state index is 12.0. The molecule has 1 aliphatic heterocycles. The molecule has 5 heteroatoms. The van der Waals surface area contributed by atoms with Crippen LogP contribution in [0.2, 0.25) is 0 Å². The fourth-order valence-corrected chi connectivity index (χ4v) is 1.97. The first-order chi connectivity index (χ1) is 7.49. The van der Waals surface area contributed by atoms with Gasteiger partial charge in [0, 0.05) is 19.1 Å². The first kappa shape index (κ1) is 13.1. The van der Waals surface area contributed by atoms with Crippen LogP contribution in [0, 0.1) is 0 Å². The Labute approximate surface area is 96.8 Å².